The second-order valence-corrected chi connectivity index (χ2v) is 3.32. The average molecular weight is 171 g/mol. The molecule has 1 aliphatic carbocycles. The summed E-state index contributed by atoms with van der Waals surface area (Å²) < 4.78 is 0. The Morgan fingerprint density at radius 3 is 2.58 bits per heavy atom. The van der Waals surface area contributed by atoms with Gasteiger partial charge in [-0.1, -0.05) is 6.92 Å². The molecule has 1 aliphatic rings. The first-order valence-corrected chi connectivity index (χ1v) is 4.69. The Kier molecular flexibility index (Phi) is 3.53. The molecule has 70 valence electrons. The first kappa shape index (κ1) is 9.52. The second-order valence-electron chi connectivity index (χ2n) is 3.32. The van der Waals surface area contributed by atoms with Gasteiger partial charge in [-0.15, -0.1) is 0 Å². The van der Waals surface area contributed by atoms with Crippen LogP contribution in [0.5, 0.6) is 0 Å². The van der Waals surface area contributed by atoms with Crippen molar-refractivity contribution in [1.29, 1.82) is 0 Å². The van der Waals surface area contributed by atoms with Gasteiger partial charge in [0.15, 0.2) is 0 Å². The molecule has 0 radical (unpaired) electrons. The lowest BCUT2D eigenvalue weighted by Crippen LogP contribution is -2.35. The van der Waals surface area contributed by atoms with Crippen LogP contribution in [-0.4, -0.2) is 35.6 Å². The number of carbonyl (C=O) groups excluding carboxylic acids is 1. The molecule has 0 unspecified atom stereocenters. The number of hydrogen-bond acceptors (Lipinski definition) is 2. The Labute approximate surface area is 73.4 Å². The zero-order valence-corrected chi connectivity index (χ0v) is 7.62. The fourth-order valence-electron chi connectivity index (χ4n) is 1.31. The van der Waals surface area contributed by atoms with Gasteiger partial charge in [-0.2, -0.15) is 0 Å². The van der Waals surface area contributed by atoms with Gasteiger partial charge in [-0.3, -0.25) is 4.79 Å². The van der Waals surface area contributed by atoms with Gasteiger partial charge in [0, 0.05) is 19.0 Å². The second kappa shape index (κ2) is 4.45. The number of aliphatic hydroxyl groups excluding tert-OH is 1. The maximum Gasteiger partial charge on any atom is 0.225 e. The van der Waals surface area contributed by atoms with Gasteiger partial charge in [0.05, 0.1) is 6.61 Å². The fraction of sp³-hybridized carbons (Fsp3) is 0.889. The van der Waals surface area contributed by atoms with E-state index in [2.05, 4.69) is 0 Å². The van der Waals surface area contributed by atoms with Crippen LogP contribution in [0.3, 0.4) is 0 Å². The van der Waals surface area contributed by atoms with Crippen molar-refractivity contribution < 1.29 is 9.90 Å². The molecule has 0 spiro atoms. The van der Waals surface area contributed by atoms with Gasteiger partial charge in [-0.25, -0.2) is 0 Å². The van der Waals surface area contributed by atoms with E-state index in [0.29, 0.717) is 6.54 Å². The predicted octanol–water partition coefficient (Wildman–Crippen LogP) is 0.627. The number of rotatable bonds is 5. The van der Waals surface area contributed by atoms with Gasteiger partial charge >= 0.3 is 0 Å². The predicted molar refractivity (Wildman–Crippen MR) is 46.7 cm³/mol. The molecule has 12 heavy (non-hydrogen) atoms. The van der Waals surface area contributed by atoms with E-state index in [-0.39, 0.29) is 18.4 Å². The van der Waals surface area contributed by atoms with Gasteiger partial charge in [-0.05, 0) is 19.3 Å². The van der Waals surface area contributed by atoms with Crippen LogP contribution in [-0.2, 0) is 4.79 Å². The molecule has 3 heteroatoms. The largest absolute Gasteiger partial charge is 0.395 e. The molecular weight excluding hydrogens is 154 g/mol. The van der Waals surface area contributed by atoms with Crippen LogP contribution >= 0.6 is 0 Å². The summed E-state index contributed by atoms with van der Waals surface area (Å²) >= 11 is 0. The average Bonchev–Trinajstić information content (AvgIpc) is 2.85. The van der Waals surface area contributed by atoms with Crippen molar-refractivity contribution >= 4 is 5.91 Å². The molecule has 0 aliphatic heterocycles. The van der Waals surface area contributed by atoms with E-state index in [1.165, 1.54) is 0 Å². The quantitative estimate of drug-likeness (QED) is 0.659. The summed E-state index contributed by atoms with van der Waals surface area (Å²) in [7, 11) is 0. The molecule has 0 bridgehead atoms. The lowest BCUT2D eigenvalue weighted by atomic mass is 10.3. The Balaban J connectivity index is 2.33. The molecule has 1 rings (SSSR count). The molecule has 0 aromatic rings. The third kappa shape index (κ3) is 2.48. The van der Waals surface area contributed by atoms with Crippen molar-refractivity contribution in [2.45, 2.75) is 26.2 Å². The van der Waals surface area contributed by atoms with Crippen LogP contribution < -0.4 is 0 Å². The van der Waals surface area contributed by atoms with Crippen molar-refractivity contribution in [3.05, 3.63) is 0 Å². The lowest BCUT2D eigenvalue weighted by Gasteiger charge is -2.20. The minimum atomic E-state index is 0.0818. The summed E-state index contributed by atoms with van der Waals surface area (Å²) in [6, 6.07) is 0. The van der Waals surface area contributed by atoms with Crippen molar-refractivity contribution in [2.24, 2.45) is 5.92 Å². The number of aliphatic hydroxyl groups is 1. The molecule has 1 N–H and O–H groups in total. The molecule has 1 amide bonds. The van der Waals surface area contributed by atoms with Crippen LogP contribution in [0.2, 0.25) is 0 Å². The first-order chi connectivity index (χ1) is 5.79. The Bertz CT molecular complexity index is 149. The Morgan fingerprint density at radius 1 is 1.50 bits per heavy atom. The number of carbonyl (C=O) groups is 1. The van der Waals surface area contributed by atoms with Crippen LogP contribution in [0.1, 0.15) is 26.2 Å². The van der Waals surface area contributed by atoms with Crippen molar-refractivity contribution in [2.75, 3.05) is 19.7 Å². The van der Waals surface area contributed by atoms with E-state index in [1.54, 1.807) is 4.90 Å². The smallest absolute Gasteiger partial charge is 0.225 e. The zero-order valence-electron chi connectivity index (χ0n) is 7.62. The molecule has 1 saturated carbocycles. The van der Waals surface area contributed by atoms with Gasteiger partial charge in [0.25, 0.3) is 0 Å². The van der Waals surface area contributed by atoms with Crippen LogP contribution in [0.15, 0.2) is 0 Å². The summed E-state index contributed by atoms with van der Waals surface area (Å²) in [6.07, 6.45) is 3.06. The van der Waals surface area contributed by atoms with Crippen molar-refractivity contribution in [3.8, 4) is 0 Å². The van der Waals surface area contributed by atoms with Gasteiger partial charge < -0.3 is 10.0 Å². The van der Waals surface area contributed by atoms with E-state index >= 15 is 0 Å². The molecule has 0 saturated heterocycles. The van der Waals surface area contributed by atoms with Crippen molar-refractivity contribution in [3.63, 3.8) is 0 Å². The molecule has 0 aromatic carbocycles. The summed E-state index contributed by atoms with van der Waals surface area (Å²) in [5.41, 5.74) is 0. The minimum absolute atomic E-state index is 0.0818. The number of amides is 1. The molecular formula is C9H17NO2. The van der Waals surface area contributed by atoms with Gasteiger partial charge in [0.2, 0.25) is 5.91 Å². The topological polar surface area (TPSA) is 40.5 Å². The number of nitrogens with zero attached hydrogens (tertiary/aromatic N) is 1. The zero-order chi connectivity index (χ0) is 8.97. The van der Waals surface area contributed by atoms with E-state index in [0.717, 1.165) is 25.8 Å². The highest BCUT2D eigenvalue weighted by Gasteiger charge is 2.32. The first-order valence-electron chi connectivity index (χ1n) is 4.69. The van der Waals surface area contributed by atoms with E-state index in [4.69, 9.17) is 5.11 Å². The van der Waals surface area contributed by atoms with Crippen LogP contribution in [0.4, 0.5) is 0 Å². The highest BCUT2D eigenvalue weighted by Crippen LogP contribution is 2.30. The van der Waals surface area contributed by atoms with E-state index < -0.39 is 0 Å². The summed E-state index contributed by atoms with van der Waals surface area (Å²) in [5, 5.41) is 8.72. The maximum absolute atomic E-state index is 11.5. The molecule has 0 atom stereocenters. The number of hydrogen-bond donors (Lipinski definition) is 1. The third-order valence-electron chi connectivity index (χ3n) is 2.10. The SMILES string of the molecule is CCCN(CCO)C(=O)C1CC1. The summed E-state index contributed by atoms with van der Waals surface area (Å²) in [5.74, 6) is 0.522. The molecule has 0 heterocycles. The maximum atomic E-state index is 11.5. The normalized spacial score (nSPS) is 16.2. The molecule has 3 nitrogen and oxygen atoms in total. The minimum Gasteiger partial charge on any atom is -0.395 e. The highest BCUT2D eigenvalue weighted by molar-refractivity contribution is 5.81. The van der Waals surface area contributed by atoms with E-state index in [1.807, 2.05) is 6.92 Å². The Morgan fingerprint density at radius 2 is 2.17 bits per heavy atom. The Hall–Kier alpha value is -0.570. The van der Waals surface area contributed by atoms with E-state index in [9.17, 15) is 4.79 Å². The lowest BCUT2D eigenvalue weighted by molar-refractivity contribution is -0.133. The highest BCUT2D eigenvalue weighted by atomic mass is 16.3. The molecule has 1 fully saturated rings. The fourth-order valence-corrected chi connectivity index (χ4v) is 1.31. The third-order valence-corrected chi connectivity index (χ3v) is 2.10. The summed E-state index contributed by atoms with van der Waals surface area (Å²) in [4.78, 5) is 13.3. The standard InChI is InChI=1S/C9H17NO2/c1-2-5-10(6-7-11)9(12)8-3-4-8/h8,11H,2-7H2,1H3. The summed E-state index contributed by atoms with van der Waals surface area (Å²) in [6.45, 7) is 3.42. The van der Waals surface area contributed by atoms with Gasteiger partial charge in [0.1, 0.15) is 0 Å². The molecule has 0 aromatic heterocycles. The van der Waals surface area contributed by atoms with Crippen molar-refractivity contribution in [1.82, 2.24) is 4.90 Å². The van der Waals surface area contributed by atoms with Crippen LogP contribution in [0.25, 0.3) is 0 Å². The van der Waals surface area contributed by atoms with Crippen LogP contribution in [0, 0.1) is 5.92 Å². The monoisotopic (exact) mass is 171 g/mol.